The number of hydrogen-bond acceptors (Lipinski definition) is 10. The number of unbranched alkanes of at least 4 members (excludes halogenated alkanes) is 2. The molecule has 2 aliphatic rings. The minimum absolute atomic E-state index is 0. The monoisotopic (exact) mass is 686 g/mol. The fourth-order valence-electron chi connectivity index (χ4n) is 2.64. The van der Waals surface area contributed by atoms with Crippen LogP contribution in [0.15, 0.2) is 24.8 Å². The summed E-state index contributed by atoms with van der Waals surface area (Å²) in [5, 5.41) is 0. The van der Waals surface area contributed by atoms with Crippen LogP contribution in [0.2, 0.25) is 39.3 Å². The molecule has 0 fully saturated rings. The van der Waals surface area contributed by atoms with E-state index in [-0.39, 0.29) is 12.4 Å². The lowest BCUT2D eigenvalue weighted by Crippen LogP contribution is -3.00. The molecule has 0 atom stereocenters. The van der Waals surface area contributed by atoms with Crippen LogP contribution >= 0.6 is 11.1 Å². The van der Waals surface area contributed by atoms with Crippen LogP contribution in [0, 0.1) is 0 Å². The Hall–Kier alpha value is -0.486. The molecule has 0 aromatic carbocycles. The van der Waals surface area contributed by atoms with Crippen molar-refractivity contribution < 1.29 is 37.7 Å². The molecule has 0 bridgehead atoms. The minimum Gasteiger partial charge on any atom is -1.00 e. The minimum atomic E-state index is -3.92. The lowest BCUT2D eigenvalue weighted by molar-refractivity contribution is -0.0000175. The molecule has 0 N–H and O–H groups in total. The van der Waals surface area contributed by atoms with Crippen LogP contribution in [0.4, 0.5) is 0 Å². The average Bonchev–Trinajstić information content (AvgIpc) is 3.28. The highest BCUT2D eigenvalue weighted by Crippen LogP contribution is 2.06. The lowest BCUT2D eigenvalue weighted by atomic mass is 10.3. The second kappa shape index (κ2) is 23.0. The molecule has 40 heavy (non-hydrogen) atoms. The molecule has 16 heteroatoms. The molecular weight excluding hydrogens is 631 g/mol. The molecule has 0 saturated heterocycles. The van der Waals surface area contributed by atoms with Gasteiger partial charge >= 0.3 is 0 Å². The summed E-state index contributed by atoms with van der Waals surface area (Å²) in [6.07, 6.45) is 15.4. The van der Waals surface area contributed by atoms with E-state index in [1.54, 1.807) is 0 Å². The van der Waals surface area contributed by atoms with Gasteiger partial charge in [0.05, 0.1) is 29.7 Å². The van der Waals surface area contributed by atoms with Crippen molar-refractivity contribution in [3.05, 3.63) is 24.8 Å². The maximum Gasteiger partial charge on any atom is 0.254 e. The van der Waals surface area contributed by atoms with Crippen LogP contribution in [0.5, 0.6) is 0 Å². The second-order valence-corrected chi connectivity index (χ2v) is 26.6. The lowest BCUT2D eigenvalue weighted by Gasteiger charge is -2.17. The molecular formula is C24H56Cl2N4O6S2Si2-2. The summed E-state index contributed by atoms with van der Waals surface area (Å²) in [4.78, 5) is 9.05. The number of hydrogen-bond donors (Lipinski definition) is 0. The third-order valence-electron chi connectivity index (χ3n) is 3.87. The standard InChI is InChI=1S/2C8H16N2.C4H12O3SSi.C3H9ClSi.CH4O3S.ClH/c2*1-3-4-5-10-7-6-9(2)8-10;1-8(5,6)7-9(2,3)4;2*1-5(2,3)4;/h2*6-7H,3-5,8H2,1-2H3;1-4H3;1-3H3;1H3,(H,2,3,4);1H/p-2. The van der Waals surface area contributed by atoms with Crippen molar-refractivity contribution in [2.75, 3.05) is 53.0 Å². The van der Waals surface area contributed by atoms with Crippen molar-refractivity contribution in [2.24, 2.45) is 0 Å². The third kappa shape index (κ3) is 50.4. The number of nitrogens with zero attached hydrogens (tertiary/aromatic N) is 4. The molecule has 2 heterocycles. The SMILES string of the molecule is CCCCN1C=CN(C)C1.CCCCN1C=CN(C)C1.CS(=O)(=O)[O-].C[Si](C)(C)Cl.C[Si](C)(C)OS(C)(=O)=O.[Cl-]. The highest BCUT2D eigenvalue weighted by atomic mass is 35.6. The van der Waals surface area contributed by atoms with E-state index in [2.05, 4.69) is 92.0 Å². The molecule has 244 valence electrons. The topological polar surface area (TPSA) is 114 Å². The van der Waals surface area contributed by atoms with Crippen molar-refractivity contribution in [2.45, 2.75) is 78.8 Å². The normalized spacial score (nSPS) is 14.6. The van der Waals surface area contributed by atoms with Gasteiger partial charge < -0.3 is 40.4 Å². The van der Waals surface area contributed by atoms with Crippen LogP contribution in [-0.2, 0) is 24.1 Å². The van der Waals surface area contributed by atoms with Gasteiger partial charge in [0.15, 0.2) is 0 Å². The van der Waals surface area contributed by atoms with Crippen LogP contribution in [0.1, 0.15) is 39.5 Å². The first-order valence-electron chi connectivity index (χ1n) is 13.1. The highest BCUT2D eigenvalue weighted by Gasteiger charge is 2.20. The molecule has 10 nitrogen and oxygen atoms in total. The summed E-state index contributed by atoms with van der Waals surface area (Å²) in [5.74, 6) is 0. The van der Waals surface area contributed by atoms with E-state index in [0.717, 1.165) is 19.6 Å². The summed E-state index contributed by atoms with van der Waals surface area (Å²) in [5.41, 5.74) is 0. The van der Waals surface area contributed by atoms with Gasteiger partial charge in [-0.25, -0.2) is 16.8 Å². The van der Waals surface area contributed by atoms with E-state index in [0.29, 0.717) is 6.26 Å². The molecule has 2 rings (SSSR count). The predicted octanol–water partition coefficient (Wildman–Crippen LogP) is 1.95. The fourth-order valence-corrected chi connectivity index (χ4v) is 6.28. The van der Waals surface area contributed by atoms with E-state index in [4.69, 9.17) is 27.9 Å². The van der Waals surface area contributed by atoms with Crippen molar-refractivity contribution >= 4 is 47.0 Å². The van der Waals surface area contributed by atoms with Gasteiger partial charge in [-0.3, -0.25) is 0 Å². The quantitative estimate of drug-likeness (QED) is 0.213. The highest BCUT2D eigenvalue weighted by molar-refractivity contribution is 7.87. The smallest absolute Gasteiger partial charge is 0.254 e. The predicted molar refractivity (Wildman–Crippen MR) is 171 cm³/mol. The summed E-state index contributed by atoms with van der Waals surface area (Å²) < 4.78 is 52.9. The van der Waals surface area contributed by atoms with Crippen LogP contribution in [0.25, 0.3) is 0 Å². The van der Waals surface area contributed by atoms with Gasteiger partial charge in [0.25, 0.3) is 10.1 Å². The molecule has 0 aromatic heterocycles. The van der Waals surface area contributed by atoms with Gasteiger partial charge in [0, 0.05) is 58.2 Å². The van der Waals surface area contributed by atoms with Gasteiger partial charge in [-0.1, -0.05) is 46.3 Å². The Balaban J connectivity index is -0.000000208. The molecule has 0 radical (unpaired) electrons. The maximum atomic E-state index is 10.5. The van der Waals surface area contributed by atoms with E-state index >= 15 is 0 Å². The summed E-state index contributed by atoms with van der Waals surface area (Å²) in [6, 6.07) is 0. The zero-order valence-corrected chi connectivity index (χ0v) is 31.9. The van der Waals surface area contributed by atoms with E-state index in [1.165, 1.54) is 38.8 Å². The first-order valence-corrected chi connectivity index (χ1v) is 24.7. The van der Waals surface area contributed by atoms with Gasteiger partial charge in [0.2, 0.25) is 8.32 Å². The van der Waals surface area contributed by atoms with Crippen molar-refractivity contribution in [3.8, 4) is 0 Å². The Bertz CT molecular complexity index is 854. The molecule has 0 amide bonds. The van der Waals surface area contributed by atoms with Crippen molar-refractivity contribution in [1.29, 1.82) is 0 Å². The molecule has 0 unspecified atom stereocenters. The Morgan fingerprint density at radius 1 is 0.775 bits per heavy atom. The van der Waals surface area contributed by atoms with E-state index in [9.17, 15) is 8.42 Å². The van der Waals surface area contributed by atoms with E-state index < -0.39 is 35.9 Å². The van der Waals surface area contributed by atoms with Gasteiger partial charge in [-0.15, -0.1) is 0 Å². The Labute approximate surface area is 259 Å². The third-order valence-corrected chi connectivity index (χ3v) is 7.08. The van der Waals surface area contributed by atoms with Crippen molar-refractivity contribution in [3.63, 3.8) is 0 Å². The second-order valence-electron chi connectivity index (χ2n) is 11.4. The fraction of sp³-hybridized carbons (Fsp3) is 0.833. The Morgan fingerprint density at radius 3 is 1.18 bits per heavy atom. The zero-order valence-electron chi connectivity index (χ0n) is 26.8. The molecule has 0 saturated carbocycles. The molecule has 2 aliphatic heterocycles. The van der Waals surface area contributed by atoms with Gasteiger partial charge in [-0.05, 0) is 32.5 Å². The largest absolute Gasteiger partial charge is 1.00 e. The summed E-state index contributed by atoms with van der Waals surface area (Å²) in [6.45, 7) is 20.8. The number of halogens is 2. The van der Waals surface area contributed by atoms with Crippen LogP contribution in [0.3, 0.4) is 0 Å². The first-order chi connectivity index (χ1) is 17.4. The molecule has 0 aromatic rings. The van der Waals surface area contributed by atoms with Crippen molar-refractivity contribution in [1.82, 2.24) is 19.6 Å². The number of rotatable bonds is 8. The molecule has 0 spiro atoms. The van der Waals surface area contributed by atoms with Gasteiger partial charge in [-0.2, -0.15) is 11.1 Å². The Morgan fingerprint density at radius 2 is 1.05 bits per heavy atom. The average molecular weight is 688 g/mol. The zero-order chi connectivity index (χ0) is 31.5. The first kappa shape index (κ1) is 46.5. The van der Waals surface area contributed by atoms with Gasteiger partial charge in [0.1, 0.15) is 7.38 Å². The van der Waals surface area contributed by atoms with Crippen LogP contribution in [-0.4, -0.2) is 110 Å². The maximum absolute atomic E-state index is 10.5. The summed E-state index contributed by atoms with van der Waals surface area (Å²) in [7, 11) is -5.96. The van der Waals surface area contributed by atoms with Crippen LogP contribution < -0.4 is 12.4 Å². The Kier molecular flexibility index (Phi) is 26.8. The summed E-state index contributed by atoms with van der Waals surface area (Å²) >= 11 is 5.67. The molecule has 0 aliphatic carbocycles. The van der Waals surface area contributed by atoms with E-state index in [1.807, 2.05) is 19.6 Å².